The summed E-state index contributed by atoms with van der Waals surface area (Å²) in [6.45, 7) is 2.39. The molecule has 0 saturated carbocycles. The molecule has 8 N–H and O–H groups in total. The van der Waals surface area contributed by atoms with Crippen LogP contribution in [-0.4, -0.2) is 43.7 Å². The van der Waals surface area contributed by atoms with Gasteiger partial charge in [-0.15, -0.1) is 0 Å². The zero-order valence-electron chi connectivity index (χ0n) is 8.03. The van der Waals surface area contributed by atoms with Gasteiger partial charge >= 0.3 is 21.0 Å². The Balaban J connectivity index is -0.0000000562. The topological polar surface area (TPSA) is 201 Å². The first-order chi connectivity index (χ1) is 6.83. The van der Waals surface area contributed by atoms with Gasteiger partial charge in [-0.2, -0.15) is 0 Å². The van der Waals surface area contributed by atoms with Crippen LogP contribution in [0.5, 0.6) is 0 Å². The van der Waals surface area contributed by atoms with Crippen molar-refractivity contribution in [1.29, 1.82) is 0 Å². The van der Waals surface area contributed by atoms with Crippen molar-refractivity contribution in [2.45, 2.75) is 0 Å². The van der Waals surface area contributed by atoms with Crippen LogP contribution in [0.3, 0.4) is 0 Å². The summed E-state index contributed by atoms with van der Waals surface area (Å²) in [5.41, 5.74) is 19.6. The molecular formula is C4H16N4O5SV. The predicted octanol–water partition coefficient (Wildman–Crippen LogP) is -3.65. The quantitative estimate of drug-likeness (QED) is 0.291. The average Bonchev–Trinajstić information content (AvgIpc) is 2.18. The molecule has 0 aliphatic rings. The first-order valence-corrected chi connectivity index (χ1v) is 5.39. The third kappa shape index (κ3) is 470. The van der Waals surface area contributed by atoms with Gasteiger partial charge in [0.05, 0.1) is 0 Å². The van der Waals surface area contributed by atoms with E-state index in [1.165, 1.54) is 0 Å². The molecule has 9 nitrogen and oxygen atoms in total. The van der Waals surface area contributed by atoms with Crippen LogP contribution in [0, 0.1) is 0 Å². The molecule has 15 heavy (non-hydrogen) atoms. The SMILES string of the molecule is NCCN.NCCN.O=S(=O)([O-])[O-].[O]=[V+2]. The van der Waals surface area contributed by atoms with E-state index in [2.05, 4.69) is 0 Å². The van der Waals surface area contributed by atoms with Crippen molar-refractivity contribution >= 4 is 10.4 Å². The Hall–Kier alpha value is 0.0944. The Labute approximate surface area is 98.3 Å². The second-order valence-corrected chi connectivity index (χ2v) is 2.38. The standard InChI is InChI=1S/2C2H8N2.H2O4S.O.V/c2*3-1-2-4;1-5(2,3)4;;/h2*1-4H2;(H2,1,2,3,4);;/q;;;;+2/p-2. The molecule has 0 aliphatic heterocycles. The summed E-state index contributed by atoms with van der Waals surface area (Å²) in [6, 6.07) is 0. The first kappa shape index (κ1) is 24.4. The van der Waals surface area contributed by atoms with Gasteiger partial charge in [-0.1, -0.05) is 0 Å². The van der Waals surface area contributed by atoms with Crippen LogP contribution in [-0.2, 0) is 31.4 Å². The van der Waals surface area contributed by atoms with E-state index in [0.717, 1.165) is 17.4 Å². The van der Waals surface area contributed by atoms with Crippen LogP contribution in [0.4, 0.5) is 0 Å². The summed E-state index contributed by atoms with van der Waals surface area (Å²) in [6.07, 6.45) is 0. The van der Waals surface area contributed by atoms with E-state index in [-0.39, 0.29) is 0 Å². The molecule has 0 aromatic rings. The summed E-state index contributed by atoms with van der Waals surface area (Å²) >= 11 is 1.06. The van der Waals surface area contributed by atoms with Crippen molar-refractivity contribution < 1.29 is 38.6 Å². The molecule has 0 heterocycles. The number of hydrogen-bond donors (Lipinski definition) is 4. The molecule has 0 radical (unpaired) electrons. The van der Waals surface area contributed by atoms with Gasteiger partial charge < -0.3 is 32.0 Å². The molecule has 0 aliphatic carbocycles. The molecule has 0 aromatic heterocycles. The van der Waals surface area contributed by atoms with Gasteiger partial charge in [0.2, 0.25) is 0 Å². The van der Waals surface area contributed by atoms with E-state index < -0.39 is 10.4 Å². The molecule has 0 aromatic carbocycles. The molecule has 0 saturated heterocycles. The Bertz CT molecular complexity index is 162. The molecular weight excluding hydrogens is 267 g/mol. The fourth-order valence-corrected chi connectivity index (χ4v) is 0. The van der Waals surface area contributed by atoms with Crippen molar-refractivity contribution in [3.05, 3.63) is 0 Å². The summed E-state index contributed by atoms with van der Waals surface area (Å²) in [5.74, 6) is 0. The maximum absolute atomic E-state index is 8.52. The van der Waals surface area contributed by atoms with Crippen LogP contribution in [0.1, 0.15) is 0 Å². The second kappa shape index (κ2) is 23.7. The van der Waals surface area contributed by atoms with Gasteiger partial charge in [0, 0.05) is 36.6 Å². The predicted molar refractivity (Wildman–Crippen MR) is 47.4 cm³/mol. The second-order valence-electron chi connectivity index (χ2n) is 1.56. The monoisotopic (exact) mass is 283 g/mol. The van der Waals surface area contributed by atoms with E-state index in [1.54, 1.807) is 0 Å². The minimum atomic E-state index is -5.17. The molecule has 0 bridgehead atoms. The Morgan fingerprint density at radius 3 is 0.867 bits per heavy atom. The first-order valence-electron chi connectivity index (χ1n) is 3.48. The third-order valence-electron chi connectivity index (χ3n) is 0.333. The van der Waals surface area contributed by atoms with Gasteiger partial charge in [0.1, 0.15) is 0 Å². The van der Waals surface area contributed by atoms with Gasteiger partial charge in [-0.05, 0) is 0 Å². The zero-order valence-corrected chi connectivity index (χ0v) is 10.2. The molecule has 0 fully saturated rings. The normalized spacial score (nSPS) is 8.27. The fraction of sp³-hybridized carbons (Fsp3) is 1.00. The van der Waals surface area contributed by atoms with Gasteiger partial charge in [0.25, 0.3) is 0 Å². The van der Waals surface area contributed by atoms with Crippen LogP contribution < -0.4 is 22.9 Å². The van der Waals surface area contributed by atoms with E-state index in [1.807, 2.05) is 0 Å². The van der Waals surface area contributed by atoms with E-state index in [0.29, 0.717) is 26.2 Å². The fourth-order valence-electron chi connectivity index (χ4n) is 0. The van der Waals surface area contributed by atoms with Crippen molar-refractivity contribution in [1.82, 2.24) is 0 Å². The maximum atomic E-state index is 8.52. The van der Waals surface area contributed by atoms with Crippen LogP contribution in [0.25, 0.3) is 0 Å². The molecule has 0 unspecified atom stereocenters. The zero-order chi connectivity index (χ0) is 13.3. The molecule has 11 heteroatoms. The number of nitrogens with two attached hydrogens (primary N) is 4. The number of hydrogen-bond acceptors (Lipinski definition) is 9. The Morgan fingerprint density at radius 2 is 0.867 bits per heavy atom. The summed E-state index contributed by atoms with van der Waals surface area (Å²) in [5, 5.41) is 0. The minimum absolute atomic E-state index is 0.597. The molecule has 0 atom stereocenters. The van der Waals surface area contributed by atoms with E-state index in [9.17, 15) is 0 Å². The molecule has 0 rings (SSSR count). The molecule has 93 valence electrons. The number of rotatable bonds is 2. The summed E-state index contributed by atoms with van der Waals surface area (Å²) in [7, 11) is -5.17. The third-order valence-corrected chi connectivity index (χ3v) is 0.333. The van der Waals surface area contributed by atoms with Gasteiger partial charge in [-0.25, -0.2) is 0 Å². The van der Waals surface area contributed by atoms with E-state index in [4.69, 9.17) is 44.1 Å². The Kier molecular flexibility index (Phi) is 38.5. The average molecular weight is 283 g/mol. The van der Waals surface area contributed by atoms with Gasteiger partial charge in [0.15, 0.2) is 0 Å². The van der Waals surface area contributed by atoms with Crippen LogP contribution >= 0.6 is 0 Å². The molecule has 0 amide bonds. The van der Waals surface area contributed by atoms with Crippen LogP contribution in [0.2, 0.25) is 0 Å². The summed E-state index contributed by atoms with van der Waals surface area (Å²) in [4.78, 5) is 0. The Morgan fingerprint density at radius 1 is 0.800 bits per heavy atom. The van der Waals surface area contributed by atoms with Gasteiger partial charge in [-0.3, -0.25) is 8.42 Å². The van der Waals surface area contributed by atoms with Crippen molar-refractivity contribution in [2.75, 3.05) is 26.2 Å². The summed E-state index contributed by atoms with van der Waals surface area (Å²) < 4.78 is 42.3. The van der Waals surface area contributed by atoms with Crippen molar-refractivity contribution in [2.24, 2.45) is 22.9 Å². The van der Waals surface area contributed by atoms with Crippen LogP contribution in [0.15, 0.2) is 0 Å². The van der Waals surface area contributed by atoms with E-state index >= 15 is 0 Å². The van der Waals surface area contributed by atoms with Crippen molar-refractivity contribution in [3.63, 3.8) is 0 Å². The molecule has 0 spiro atoms. The van der Waals surface area contributed by atoms with Crippen molar-refractivity contribution in [3.8, 4) is 0 Å².